The molecule has 1 aromatic rings. The third-order valence-corrected chi connectivity index (χ3v) is 2.27. The third-order valence-electron chi connectivity index (χ3n) is 2.27. The van der Waals surface area contributed by atoms with E-state index < -0.39 is 0 Å². The quantitative estimate of drug-likeness (QED) is 0.752. The number of rotatable bonds is 4. The number of anilines is 2. The van der Waals surface area contributed by atoms with Gasteiger partial charge in [-0.25, -0.2) is 4.39 Å². The van der Waals surface area contributed by atoms with Crippen molar-refractivity contribution in [3.8, 4) is 0 Å². The summed E-state index contributed by atoms with van der Waals surface area (Å²) in [6.45, 7) is 4.45. The fourth-order valence-corrected chi connectivity index (χ4v) is 1.06. The summed E-state index contributed by atoms with van der Waals surface area (Å²) >= 11 is 0. The van der Waals surface area contributed by atoms with Crippen LogP contribution in [-0.4, -0.2) is 19.3 Å². The maximum Gasteiger partial charge on any atom is 0.125 e. The van der Waals surface area contributed by atoms with Gasteiger partial charge in [0, 0.05) is 13.7 Å². The second kappa shape index (κ2) is 4.49. The topological polar surface area (TPSA) is 47.3 Å². The van der Waals surface area contributed by atoms with Crippen LogP contribution in [0.2, 0.25) is 0 Å². The van der Waals surface area contributed by atoms with E-state index in [9.17, 15) is 4.39 Å². The van der Waals surface area contributed by atoms with Crippen LogP contribution in [0.3, 0.4) is 0 Å². The molecule has 1 aromatic carbocycles. The van der Waals surface area contributed by atoms with Gasteiger partial charge in [-0.2, -0.15) is 0 Å². The van der Waals surface area contributed by atoms with Gasteiger partial charge in [-0.15, -0.1) is 0 Å². The Bertz CT molecular complexity index is 339. The molecule has 0 aromatic heterocycles. The van der Waals surface area contributed by atoms with E-state index in [-0.39, 0.29) is 11.4 Å². The molecule has 0 amide bonds. The monoisotopic (exact) mass is 212 g/mol. The first-order valence-corrected chi connectivity index (χ1v) is 4.79. The van der Waals surface area contributed by atoms with Crippen LogP contribution in [0.15, 0.2) is 18.2 Å². The summed E-state index contributed by atoms with van der Waals surface area (Å²) in [5.74, 6) is -0.304. The Balaban J connectivity index is 2.69. The Hall–Kier alpha value is -1.29. The normalized spacial score (nSPS) is 11.5. The first kappa shape index (κ1) is 11.8. The Labute approximate surface area is 89.4 Å². The Morgan fingerprint density at radius 1 is 1.47 bits per heavy atom. The molecule has 0 spiro atoms. The van der Waals surface area contributed by atoms with Gasteiger partial charge in [0.25, 0.3) is 0 Å². The summed E-state index contributed by atoms with van der Waals surface area (Å²) in [6.07, 6.45) is 0. The van der Waals surface area contributed by atoms with E-state index in [1.165, 1.54) is 18.2 Å². The highest BCUT2D eigenvalue weighted by Crippen LogP contribution is 2.20. The number of benzene rings is 1. The number of methoxy groups -OCH3 is 1. The van der Waals surface area contributed by atoms with E-state index in [1.54, 1.807) is 7.11 Å². The van der Waals surface area contributed by atoms with E-state index in [2.05, 4.69) is 5.32 Å². The Morgan fingerprint density at radius 3 is 2.73 bits per heavy atom. The molecule has 0 aliphatic carbocycles. The van der Waals surface area contributed by atoms with Gasteiger partial charge in [0.2, 0.25) is 0 Å². The summed E-state index contributed by atoms with van der Waals surface area (Å²) < 4.78 is 18.2. The van der Waals surface area contributed by atoms with E-state index in [1.807, 2.05) is 13.8 Å². The highest BCUT2D eigenvalue weighted by atomic mass is 19.1. The zero-order valence-corrected chi connectivity index (χ0v) is 9.30. The lowest BCUT2D eigenvalue weighted by Gasteiger charge is -2.24. The number of hydrogen-bond acceptors (Lipinski definition) is 3. The SMILES string of the molecule is COC(C)(C)CNc1cc(F)ccc1N. The molecule has 0 radical (unpaired) electrons. The second-order valence-electron chi connectivity index (χ2n) is 4.05. The van der Waals surface area contributed by atoms with Crippen LogP contribution in [0.25, 0.3) is 0 Å². The molecule has 3 N–H and O–H groups in total. The lowest BCUT2D eigenvalue weighted by molar-refractivity contribution is 0.0344. The maximum absolute atomic E-state index is 12.9. The van der Waals surface area contributed by atoms with Crippen LogP contribution >= 0.6 is 0 Å². The second-order valence-corrected chi connectivity index (χ2v) is 4.05. The maximum atomic E-state index is 12.9. The largest absolute Gasteiger partial charge is 0.397 e. The van der Waals surface area contributed by atoms with E-state index in [0.717, 1.165) is 0 Å². The number of nitrogen functional groups attached to an aromatic ring is 1. The molecule has 0 saturated heterocycles. The van der Waals surface area contributed by atoms with Crippen molar-refractivity contribution in [3.05, 3.63) is 24.0 Å². The van der Waals surface area contributed by atoms with E-state index in [0.29, 0.717) is 17.9 Å². The molecule has 0 unspecified atom stereocenters. The first-order valence-electron chi connectivity index (χ1n) is 4.79. The minimum atomic E-state index is -0.307. The molecule has 84 valence electrons. The molecular formula is C11H17FN2O. The minimum Gasteiger partial charge on any atom is -0.397 e. The molecule has 0 saturated carbocycles. The van der Waals surface area contributed by atoms with Crippen molar-refractivity contribution in [2.45, 2.75) is 19.4 Å². The number of halogens is 1. The summed E-state index contributed by atoms with van der Waals surface area (Å²) in [5.41, 5.74) is 6.51. The molecule has 1 rings (SSSR count). The molecule has 3 nitrogen and oxygen atoms in total. The Kier molecular flexibility index (Phi) is 3.52. The highest BCUT2D eigenvalue weighted by molar-refractivity contribution is 5.65. The van der Waals surface area contributed by atoms with E-state index in [4.69, 9.17) is 10.5 Å². The standard InChI is InChI=1S/C11H17FN2O/c1-11(2,15-3)7-14-10-6-8(12)4-5-9(10)13/h4-6,14H,7,13H2,1-3H3. The molecule has 4 heteroatoms. The lowest BCUT2D eigenvalue weighted by Crippen LogP contribution is -2.32. The zero-order valence-electron chi connectivity index (χ0n) is 9.30. The van der Waals surface area contributed by atoms with Gasteiger partial charge >= 0.3 is 0 Å². The van der Waals surface area contributed by atoms with Gasteiger partial charge in [0.15, 0.2) is 0 Å². The molecule has 0 aliphatic heterocycles. The third kappa shape index (κ3) is 3.40. The van der Waals surface area contributed by atoms with Crippen molar-refractivity contribution in [1.29, 1.82) is 0 Å². The first-order chi connectivity index (χ1) is 6.94. The summed E-state index contributed by atoms with van der Waals surface area (Å²) in [7, 11) is 1.64. The molecule has 15 heavy (non-hydrogen) atoms. The smallest absolute Gasteiger partial charge is 0.125 e. The summed E-state index contributed by atoms with van der Waals surface area (Å²) in [4.78, 5) is 0. The fourth-order valence-electron chi connectivity index (χ4n) is 1.06. The van der Waals surface area contributed by atoms with Crippen molar-refractivity contribution in [3.63, 3.8) is 0 Å². The molecule has 0 fully saturated rings. The van der Waals surface area contributed by atoms with Gasteiger partial charge in [-0.05, 0) is 32.0 Å². The van der Waals surface area contributed by atoms with Gasteiger partial charge < -0.3 is 15.8 Å². The van der Waals surface area contributed by atoms with Crippen LogP contribution in [0.5, 0.6) is 0 Å². The van der Waals surface area contributed by atoms with Gasteiger partial charge in [0.1, 0.15) is 5.82 Å². The molecule has 0 heterocycles. The average molecular weight is 212 g/mol. The molecular weight excluding hydrogens is 195 g/mol. The highest BCUT2D eigenvalue weighted by Gasteiger charge is 2.16. The minimum absolute atomic E-state index is 0.304. The van der Waals surface area contributed by atoms with Crippen molar-refractivity contribution in [2.75, 3.05) is 24.7 Å². The van der Waals surface area contributed by atoms with Gasteiger partial charge in [0.05, 0.1) is 17.0 Å². The molecule has 0 atom stereocenters. The summed E-state index contributed by atoms with van der Waals surface area (Å²) in [5, 5.41) is 3.05. The number of nitrogens with two attached hydrogens (primary N) is 1. The predicted octanol–water partition coefficient (Wildman–Crippen LogP) is 2.24. The Morgan fingerprint density at radius 2 is 2.13 bits per heavy atom. The van der Waals surface area contributed by atoms with Crippen LogP contribution in [-0.2, 0) is 4.74 Å². The van der Waals surface area contributed by atoms with Gasteiger partial charge in [-0.3, -0.25) is 0 Å². The predicted molar refractivity (Wildman–Crippen MR) is 60.4 cm³/mol. The molecule has 0 aliphatic rings. The van der Waals surface area contributed by atoms with Crippen LogP contribution < -0.4 is 11.1 Å². The lowest BCUT2D eigenvalue weighted by atomic mass is 10.1. The van der Waals surface area contributed by atoms with Crippen molar-refractivity contribution >= 4 is 11.4 Å². The van der Waals surface area contributed by atoms with Crippen molar-refractivity contribution in [1.82, 2.24) is 0 Å². The average Bonchev–Trinajstić information content (AvgIpc) is 2.20. The van der Waals surface area contributed by atoms with Gasteiger partial charge in [-0.1, -0.05) is 0 Å². The van der Waals surface area contributed by atoms with Crippen LogP contribution in [0.1, 0.15) is 13.8 Å². The fraction of sp³-hybridized carbons (Fsp3) is 0.455. The molecule has 0 bridgehead atoms. The van der Waals surface area contributed by atoms with Crippen LogP contribution in [0, 0.1) is 5.82 Å². The number of hydrogen-bond donors (Lipinski definition) is 2. The zero-order chi connectivity index (χ0) is 11.5. The summed E-state index contributed by atoms with van der Waals surface area (Å²) in [6, 6.07) is 4.25. The number of nitrogens with one attached hydrogen (secondary N) is 1. The van der Waals surface area contributed by atoms with Crippen molar-refractivity contribution in [2.24, 2.45) is 0 Å². The van der Waals surface area contributed by atoms with Crippen LogP contribution in [0.4, 0.5) is 15.8 Å². The van der Waals surface area contributed by atoms with Crippen molar-refractivity contribution < 1.29 is 9.13 Å². The van der Waals surface area contributed by atoms with E-state index >= 15 is 0 Å². The number of ether oxygens (including phenoxy) is 1.